The van der Waals surface area contributed by atoms with Gasteiger partial charge in [0.15, 0.2) is 5.78 Å². The lowest BCUT2D eigenvalue weighted by Gasteiger charge is -2.35. The summed E-state index contributed by atoms with van der Waals surface area (Å²) >= 11 is 0. The third-order valence-corrected chi connectivity index (χ3v) is 6.35. The minimum Gasteiger partial charge on any atom is -0.402 e. The van der Waals surface area contributed by atoms with Gasteiger partial charge in [0, 0.05) is 64.5 Å². The average molecular weight is 434 g/mol. The number of ketones is 1. The average Bonchev–Trinajstić information content (AvgIpc) is 3.13. The molecule has 6 heteroatoms. The van der Waals surface area contributed by atoms with Crippen molar-refractivity contribution < 1.29 is 13.9 Å². The van der Waals surface area contributed by atoms with Gasteiger partial charge < -0.3 is 15.0 Å². The summed E-state index contributed by atoms with van der Waals surface area (Å²) in [7, 11) is 0. The zero-order valence-electron chi connectivity index (χ0n) is 18.7. The van der Waals surface area contributed by atoms with Crippen LogP contribution in [0.2, 0.25) is 0 Å². The first-order chi connectivity index (χ1) is 15.2. The minimum absolute atomic E-state index is 0.134. The monoisotopic (exact) mass is 433 g/mol. The van der Waals surface area contributed by atoms with Gasteiger partial charge >= 0.3 is 0 Å². The highest BCUT2D eigenvalue weighted by Crippen LogP contribution is 2.39. The third kappa shape index (κ3) is 3.75. The second-order valence-electron chi connectivity index (χ2n) is 8.67. The number of hydrogen-bond acceptors (Lipinski definition) is 4. The summed E-state index contributed by atoms with van der Waals surface area (Å²) < 4.78 is 22.8. The van der Waals surface area contributed by atoms with E-state index in [2.05, 4.69) is 18.1 Å². The SMILES string of the molecule is C=Cc1ccc(-c2cn(C3(C)CCOCC3)c3ncc(/C(C(C)=O)=C(\C)N)cc23)c(F)c1. The van der Waals surface area contributed by atoms with E-state index >= 15 is 4.39 Å². The summed E-state index contributed by atoms with van der Waals surface area (Å²) in [4.78, 5) is 17.0. The molecule has 0 unspecified atom stereocenters. The van der Waals surface area contributed by atoms with Gasteiger partial charge in [-0.25, -0.2) is 9.37 Å². The Morgan fingerprint density at radius 1 is 1.25 bits per heavy atom. The molecule has 0 amide bonds. The molecule has 3 heterocycles. The molecule has 5 nitrogen and oxygen atoms in total. The van der Waals surface area contributed by atoms with Gasteiger partial charge in [-0.2, -0.15) is 0 Å². The Morgan fingerprint density at radius 3 is 2.56 bits per heavy atom. The Morgan fingerprint density at radius 2 is 1.97 bits per heavy atom. The number of nitrogens with zero attached hydrogens (tertiary/aromatic N) is 2. The number of fused-ring (bicyclic) bond motifs is 1. The van der Waals surface area contributed by atoms with E-state index in [4.69, 9.17) is 15.5 Å². The van der Waals surface area contributed by atoms with E-state index in [0.29, 0.717) is 41.2 Å². The highest BCUT2D eigenvalue weighted by molar-refractivity contribution is 6.20. The number of benzene rings is 1. The second-order valence-corrected chi connectivity index (χ2v) is 8.67. The Kier molecular flexibility index (Phi) is 5.73. The largest absolute Gasteiger partial charge is 0.402 e. The summed E-state index contributed by atoms with van der Waals surface area (Å²) in [6, 6.07) is 6.97. The lowest BCUT2D eigenvalue weighted by atomic mass is 9.92. The van der Waals surface area contributed by atoms with Gasteiger partial charge in [0.05, 0.1) is 0 Å². The first-order valence-corrected chi connectivity index (χ1v) is 10.7. The van der Waals surface area contributed by atoms with Crippen molar-refractivity contribution in [3.8, 4) is 11.1 Å². The molecule has 166 valence electrons. The Hall–Kier alpha value is -3.25. The van der Waals surface area contributed by atoms with Crippen LogP contribution in [0.1, 0.15) is 44.7 Å². The highest BCUT2D eigenvalue weighted by Gasteiger charge is 2.32. The fourth-order valence-electron chi connectivity index (χ4n) is 4.51. The van der Waals surface area contributed by atoms with Crippen LogP contribution < -0.4 is 5.73 Å². The highest BCUT2D eigenvalue weighted by atomic mass is 19.1. The van der Waals surface area contributed by atoms with Gasteiger partial charge in [0.1, 0.15) is 11.5 Å². The van der Waals surface area contributed by atoms with Crippen molar-refractivity contribution in [2.75, 3.05) is 13.2 Å². The van der Waals surface area contributed by atoms with Crippen LogP contribution in [-0.4, -0.2) is 28.5 Å². The molecule has 1 fully saturated rings. The lowest BCUT2D eigenvalue weighted by Crippen LogP contribution is -2.36. The topological polar surface area (TPSA) is 70.1 Å². The third-order valence-electron chi connectivity index (χ3n) is 6.35. The number of carbonyl (C=O) groups excluding carboxylic acids is 1. The molecule has 1 aliphatic rings. The maximum atomic E-state index is 15.1. The standard InChI is InChI=1S/C26H28FN3O2/c1-5-18-6-7-20(23(27)12-18)22-15-30(26(4)8-10-32-11-9-26)25-21(22)13-19(14-29-25)24(16(2)28)17(3)31/h5-7,12-15H,1,8-11,28H2,2-4H3/b24-16+. The number of pyridine rings is 1. The van der Waals surface area contributed by atoms with Gasteiger partial charge in [-0.05, 0) is 51.3 Å². The van der Waals surface area contributed by atoms with Crippen LogP contribution in [0.3, 0.4) is 0 Å². The van der Waals surface area contributed by atoms with Crippen LogP contribution in [0.25, 0.3) is 33.8 Å². The molecule has 1 saturated heterocycles. The fraction of sp³-hybridized carbons (Fsp3) is 0.308. The van der Waals surface area contributed by atoms with Crippen molar-refractivity contribution >= 4 is 28.5 Å². The Balaban J connectivity index is 2.01. The number of halogens is 1. The molecule has 0 spiro atoms. The molecule has 1 aromatic carbocycles. The number of ether oxygens (including phenoxy) is 1. The molecule has 4 rings (SSSR count). The number of rotatable bonds is 5. The van der Waals surface area contributed by atoms with Crippen LogP contribution in [0, 0.1) is 5.82 Å². The van der Waals surface area contributed by atoms with E-state index in [0.717, 1.165) is 29.4 Å². The predicted octanol–water partition coefficient (Wildman–Crippen LogP) is 5.29. The molecule has 2 aromatic heterocycles. The summed E-state index contributed by atoms with van der Waals surface area (Å²) in [5.41, 5.74) is 9.96. The van der Waals surface area contributed by atoms with E-state index in [9.17, 15) is 4.79 Å². The molecule has 0 radical (unpaired) electrons. The molecule has 0 bridgehead atoms. The first-order valence-electron chi connectivity index (χ1n) is 10.7. The van der Waals surface area contributed by atoms with Crippen LogP contribution in [0.15, 0.2) is 48.9 Å². The molecular formula is C26H28FN3O2. The minimum atomic E-state index is -0.332. The first kappa shape index (κ1) is 22.0. The van der Waals surface area contributed by atoms with E-state index in [1.54, 1.807) is 25.3 Å². The van der Waals surface area contributed by atoms with E-state index in [1.165, 1.54) is 13.0 Å². The smallest absolute Gasteiger partial charge is 0.162 e. The molecule has 1 aliphatic heterocycles. The molecule has 0 saturated carbocycles. The quantitative estimate of drug-likeness (QED) is 0.555. The Labute approximate surface area is 187 Å². The number of nitrogens with two attached hydrogens (primary N) is 1. The summed E-state index contributed by atoms with van der Waals surface area (Å²) in [6.45, 7) is 10.4. The van der Waals surface area contributed by atoms with E-state index < -0.39 is 0 Å². The van der Waals surface area contributed by atoms with Crippen molar-refractivity contribution in [3.05, 3.63) is 65.9 Å². The molecule has 32 heavy (non-hydrogen) atoms. The van der Waals surface area contributed by atoms with Crippen molar-refractivity contribution in [3.63, 3.8) is 0 Å². The van der Waals surface area contributed by atoms with Crippen LogP contribution in [0.4, 0.5) is 4.39 Å². The van der Waals surface area contributed by atoms with Gasteiger partial charge in [-0.3, -0.25) is 4.79 Å². The summed E-state index contributed by atoms with van der Waals surface area (Å²) in [5, 5.41) is 0.778. The zero-order valence-corrected chi connectivity index (χ0v) is 18.7. The number of allylic oxidation sites excluding steroid dienone is 2. The maximum absolute atomic E-state index is 15.1. The number of carbonyl (C=O) groups is 1. The summed E-state index contributed by atoms with van der Waals surface area (Å²) in [6.07, 6.45) is 6.93. The maximum Gasteiger partial charge on any atom is 0.162 e. The molecule has 3 aromatic rings. The zero-order chi connectivity index (χ0) is 23.0. The molecule has 2 N–H and O–H groups in total. The van der Waals surface area contributed by atoms with Crippen molar-refractivity contribution in [2.45, 2.75) is 39.2 Å². The van der Waals surface area contributed by atoms with Crippen molar-refractivity contribution in [2.24, 2.45) is 5.73 Å². The fourth-order valence-corrected chi connectivity index (χ4v) is 4.51. The lowest BCUT2D eigenvalue weighted by molar-refractivity contribution is -0.111. The van der Waals surface area contributed by atoms with Gasteiger partial charge in [0.25, 0.3) is 0 Å². The predicted molar refractivity (Wildman–Crippen MR) is 126 cm³/mol. The Bertz CT molecular complexity index is 1250. The van der Waals surface area contributed by atoms with Gasteiger partial charge in [-0.15, -0.1) is 0 Å². The van der Waals surface area contributed by atoms with E-state index in [-0.39, 0.29) is 17.1 Å². The molecule has 0 atom stereocenters. The normalized spacial score (nSPS) is 16.6. The van der Waals surface area contributed by atoms with Crippen molar-refractivity contribution in [1.29, 1.82) is 0 Å². The molecular weight excluding hydrogens is 405 g/mol. The van der Waals surface area contributed by atoms with Crippen LogP contribution in [-0.2, 0) is 15.1 Å². The van der Waals surface area contributed by atoms with E-state index in [1.807, 2.05) is 18.3 Å². The van der Waals surface area contributed by atoms with Crippen LogP contribution in [0.5, 0.6) is 0 Å². The number of Topliss-reactive ketones (excluding diaryl/α,β-unsaturated/α-hetero) is 1. The number of aromatic nitrogens is 2. The summed E-state index contributed by atoms with van der Waals surface area (Å²) in [5.74, 6) is -0.466. The van der Waals surface area contributed by atoms with Gasteiger partial charge in [-0.1, -0.05) is 24.8 Å². The molecule has 0 aliphatic carbocycles. The van der Waals surface area contributed by atoms with Crippen molar-refractivity contribution in [1.82, 2.24) is 9.55 Å². The number of hydrogen-bond donors (Lipinski definition) is 1. The van der Waals surface area contributed by atoms with Crippen LogP contribution >= 0.6 is 0 Å². The van der Waals surface area contributed by atoms with Gasteiger partial charge in [0.2, 0.25) is 0 Å². The second kappa shape index (κ2) is 8.36.